The van der Waals surface area contributed by atoms with Crippen molar-refractivity contribution in [1.82, 2.24) is 10.2 Å². The molecule has 22 heavy (non-hydrogen) atoms. The Morgan fingerprint density at radius 1 is 1.27 bits per heavy atom. The van der Waals surface area contributed by atoms with Crippen molar-refractivity contribution in [3.05, 3.63) is 0 Å². The van der Waals surface area contributed by atoms with Gasteiger partial charge in [-0.25, -0.2) is 0 Å². The number of halogens is 2. The highest BCUT2D eigenvalue weighted by Gasteiger charge is 2.21. The van der Waals surface area contributed by atoms with Crippen LogP contribution >= 0.6 is 24.8 Å². The van der Waals surface area contributed by atoms with Crippen LogP contribution in [0.2, 0.25) is 0 Å². The summed E-state index contributed by atoms with van der Waals surface area (Å²) in [5.74, 6) is 0.425. The molecule has 7 heteroatoms. The van der Waals surface area contributed by atoms with Gasteiger partial charge in [0.15, 0.2) is 0 Å². The second kappa shape index (κ2) is 12.4. The highest BCUT2D eigenvalue weighted by atomic mass is 35.5. The largest absolute Gasteiger partial charge is 0.373 e. The minimum absolute atomic E-state index is 0. The normalized spacial score (nSPS) is 23.4. The molecule has 1 saturated heterocycles. The van der Waals surface area contributed by atoms with E-state index in [1.165, 1.54) is 0 Å². The van der Waals surface area contributed by atoms with Gasteiger partial charge in [0.05, 0.1) is 18.2 Å². The number of nitrogens with two attached hydrogens (primary N) is 1. The van der Waals surface area contributed by atoms with Crippen molar-refractivity contribution in [3.63, 3.8) is 0 Å². The molecule has 1 heterocycles. The lowest BCUT2D eigenvalue weighted by atomic mass is 10.0. The summed E-state index contributed by atoms with van der Waals surface area (Å²) in [4.78, 5) is 14.2. The SMILES string of the molecule is CC(C)C[C@H](N)C(=O)NCCCN1CC(C)OC(C)C1.Cl.Cl. The predicted molar refractivity (Wildman–Crippen MR) is 96.0 cm³/mol. The lowest BCUT2D eigenvalue weighted by molar-refractivity contribution is -0.122. The first kappa shape index (κ1) is 24.2. The van der Waals surface area contributed by atoms with Gasteiger partial charge in [-0.05, 0) is 32.6 Å². The third-order valence-electron chi connectivity index (χ3n) is 3.51. The van der Waals surface area contributed by atoms with Gasteiger partial charge in [-0.2, -0.15) is 0 Å². The van der Waals surface area contributed by atoms with Gasteiger partial charge in [-0.15, -0.1) is 24.8 Å². The highest BCUT2D eigenvalue weighted by molar-refractivity contribution is 5.85. The third kappa shape index (κ3) is 9.85. The van der Waals surface area contributed by atoms with E-state index < -0.39 is 0 Å². The summed E-state index contributed by atoms with van der Waals surface area (Å²) in [6, 6.07) is -0.376. The summed E-state index contributed by atoms with van der Waals surface area (Å²) >= 11 is 0. The maximum absolute atomic E-state index is 11.8. The zero-order chi connectivity index (χ0) is 15.1. The van der Waals surface area contributed by atoms with E-state index in [-0.39, 0.29) is 36.8 Å². The minimum atomic E-state index is -0.376. The van der Waals surface area contributed by atoms with Crippen LogP contribution < -0.4 is 11.1 Å². The lowest BCUT2D eigenvalue weighted by Crippen LogP contribution is -2.46. The molecule has 1 fully saturated rings. The van der Waals surface area contributed by atoms with Gasteiger partial charge in [0, 0.05) is 26.2 Å². The van der Waals surface area contributed by atoms with Crippen LogP contribution in [-0.4, -0.2) is 55.2 Å². The summed E-state index contributed by atoms with van der Waals surface area (Å²) in [7, 11) is 0. The van der Waals surface area contributed by atoms with Crippen LogP contribution in [0, 0.1) is 5.92 Å². The number of ether oxygens (including phenoxy) is 1. The van der Waals surface area contributed by atoms with Crippen LogP contribution in [0.15, 0.2) is 0 Å². The Labute approximate surface area is 147 Å². The summed E-state index contributed by atoms with van der Waals surface area (Å²) in [5.41, 5.74) is 5.84. The van der Waals surface area contributed by atoms with Gasteiger partial charge >= 0.3 is 0 Å². The van der Waals surface area contributed by atoms with Crippen molar-refractivity contribution in [2.45, 2.75) is 58.8 Å². The number of morpholine rings is 1. The number of nitrogens with zero attached hydrogens (tertiary/aromatic N) is 1. The van der Waals surface area contributed by atoms with Gasteiger partial charge in [-0.3, -0.25) is 9.69 Å². The van der Waals surface area contributed by atoms with Crippen LogP contribution in [-0.2, 0) is 9.53 Å². The zero-order valence-corrected chi connectivity index (χ0v) is 15.8. The molecule has 1 aliphatic rings. The first-order valence-corrected chi connectivity index (χ1v) is 7.79. The standard InChI is InChI=1S/C15H31N3O2.2ClH/c1-11(2)8-14(16)15(19)17-6-5-7-18-9-12(3)20-13(4)10-18;;/h11-14H,5-10,16H2,1-4H3,(H,17,19);2*1H/t12?,13?,14-;;/m0../s1. The summed E-state index contributed by atoms with van der Waals surface area (Å²) in [6.07, 6.45) is 2.30. The van der Waals surface area contributed by atoms with E-state index in [0.29, 0.717) is 24.7 Å². The monoisotopic (exact) mass is 357 g/mol. The molecule has 1 amide bonds. The van der Waals surface area contributed by atoms with Crippen molar-refractivity contribution in [2.75, 3.05) is 26.2 Å². The number of carbonyl (C=O) groups excluding carboxylic acids is 1. The van der Waals surface area contributed by atoms with Crippen molar-refractivity contribution >= 4 is 30.7 Å². The van der Waals surface area contributed by atoms with Crippen molar-refractivity contribution in [2.24, 2.45) is 11.7 Å². The van der Waals surface area contributed by atoms with E-state index in [1.54, 1.807) is 0 Å². The van der Waals surface area contributed by atoms with E-state index in [0.717, 1.165) is 32.5 Å². The molecule has 3 N–H and O–H groups in total. The Morgan fingerprint density at radius 2 is 1.82 bits per heavy atom. The molecule has 5 nitrogen and oxygen atoms in total. The van der Waals surface area contributed by atoms with Crippen LogP contribution in [0.5, 0.6) is 0 Å². The van der Waals surface area contributed by atoms with Crippen molar-refractivity contribution < 1.29 is 9.53 Å². The summed E-state index contributed by atoms with van der Waals surface area (Å²) in [5, 5.41) is 2.93. The second-order valence-corrected chi connectivity index (χ2v) is 6.40. The molecule has 2 unspecified atom stereocenters. The molecule has 0 bridgehead atoms. The molecular weight excluding hydrogens is 325 g/mol. The summed E-state index contributed by atoms with van der Waals surface area (Å²) in [6.45, 7) is 12.0. The van der Waals surface area contributed by atoms with E-state index in [1.807, 2.05) is 0 Å². The van der Waals surface area contributed by atoms with Crippen molar-refractivity contribution in [1.29, 1.82) is 0 Å². The van der Waals surface area contributed by atoms with Crippen LogP contribution in [0.3, 0.4) is 0 Å². The first-order valence-electron chi connectivity index (χ1n) is 7.79. The number of rotatable bonds is 7. The molecule has 0 spiro atoms. The molecule has 1 aliphatic heterocycles. The average Bonchev–Trinajstić information content (AvgIpc) is 2.32. The lowest BCUT2D eigenvalue weighted by Gasteiger charge is -2.35. The molecule has 0 aliphatic carbocycles. The fourth-order valence-electron chi connectivity index (χ4n) is 2.73. The second-order valence-electron chi connectivity index (χ2n) is 6.40. The molecule has 134 valence electrons. The maximum Gasteiger partial charge on any atom is 0.236 e. The zero-order valence-electron chi connectivity index (χ0n) is 14.2. The molecule has 0 aromatic rings. The molecule has 0 saturated carbocycles. The Hall–Kier alpha value is -0.0700. The number of carbonyl (C=O) groups is 1. The summed E-state index contributed by atoms with van der Waals surface area (Å²) < 4.78 is 5.70. The highest BCUT2D eigenvalue weighted by Crippen LogP contribution is 2.10. The number of nitrogens with one attached hydrogen (secondary N) is 1. The number of amides is 1. The molecular formula is C15H33Cl2N3O2. The smallest absolute Gasteiger partial charge is 0.236 e. The van der Waals surface area contributed by atoms with Gasteiger partial charge in [0.25, 0.3) is 0 Å². The van der Waals surface area contributed by atoms with Gasteiger partial charge in [0.2, 0.25) is 5.91 Å². The van der Waals surface area contributed by atoms with Gasteiger partial charge in [0.1, 0.15) is 0 Å². The van der Waals surface area contributed by atoms with Crippen LogP contribution in [0.4, 0.5) is 0 Å². The van der Waals surface area contributed by atoms with Gasteiger partial charge < -0.3 is 15.8 Å². The average molecular weight is 358 g/mol. The number of hydrogen-bond acceptors (Lipinski definition) is 4. The minimum Gasteiger partial charge on any atom is -0.373 e. The van der Waals surface area contributed by atoms with E-state index in [9.17, 15) is 4.79 Å². The quantitative estimate of drug-likeness (QED) is 0.682. The fourth-order valence-corrected chi connectivity index (χ4v) is 2.73. The maximum atomic E-state index is 11.8. The van der Waals surface area contributed by atoms with Crippen LogP contribution in [0.1, 0.15) is 40.5 Å². The van der Waals surface area contributed by atoms with E-state index in [2.05, 4.69) is 37.9 Å². The molecule has 0 aromatic heterocycles. The molecule has 0 radical (unpaired) electrons. The predicted octanol–water partition coefficient (Wildman–Crippen LogP) is 1.82. The first-order chi connectivity index (χ1) is 9.38. The molecule has 0 aromatic carbocycles. The van der Waals surface area contributed by atoms with E-state index >= 15 is 0 Å². The number of hydrogen-bond donors (Lipinski definition) is 2. The Balaban J connectivity index is 0. The fraction of sp³-hybridized carbons (Fsp3) is 0.933. The van der Waals surface area contributed by atoms with E-state index in [4.69, 9.17) is 10.5 Å². The molecule has 1 rings (SSSR count). The van der Waals surface area contributed by atoms with Crippen molar-refractivity contribution in [3.8, 4) is 0 Å². The Bertz CT molecular complexity index is 297. The Morgan fingerprint density at radius 3 is 2.32 bits per heavy atom. The van der Waals surface area contributed by atoms with Gasteiger partial charge in [-0.1, -0.05) is 13.8 Å². The molecule has 3 atom stereocenters. The van der Waals surface area contributed by atoms with Crippen LogP contribution in [0.25, 0.3) is 0 Å². The third-order valence-corrected chi connectivity index (χ3v) is 3.51. The topological polar surface area (TPSA) is 67.6 Å². The Kier molecular flexibility index (Phi) is 13.6.